The van der Waals surface area contributed by atoms with Crippen LogP contribution in [-0.2, 0) is 0 Å². The summed E-state index contributed by atoms with van der Waals surface area (Å²) in [5.74, 6) is 1.70. The number of carbonyl (C=O) groups excluding carboxylic acids is 1. The average molecular weight is 387 g/mol. The number of carbonyl (C=O) groups is 1. The molecule has 0 spiro atoms. The molecule has 0 radical (unpaired) electrons. The predicted octanol–water partition coefficient (Wildman–Crippen LogP) is 5.76. The fraction of sp³-hybridized carbons (Fsp3) is 0.125. The molecule has 0 aliphatic carbocycles. The van der Waals surface area contributed by atoms with Gasteiger partial charge in [-0.15, -0.1) is 0 Å². The maximum Gasteiger partial charge on any atom is 0.260 e. The molecular weight excluding hydrogens is 366 g/mol. The second-order valence-electron chi connectivity index (χ2n) is 6.45. The number of hydrogen-bond donors (Lipinski definition) is 1. The Hall–Kier alpha value is -3.73. The van der Waals surface area contributed by atoms with Crippen molar-refractivity contribution in [3.05, 3.63) is 78.4 Å². The second-order valence-corrected chi connectivity index (χ2v) is 6.45. The van der Waals surface area contributed by atoms with Gasteiger partial charge in [0.2, 0.25) is 0 Å². The third-order valence-corrected chi connectivity index (χ3v) is 4.58. The van der Waals surface area contributed by atoms with Crippen molar-refractivity contribution in [2.24, 2.45) is 0 Å². The van der Waals surface area contributed by atoms with E-state index in [-0.39, 0.29) is 5.91 Å². The highest BCUT2D eigenvalue weighted by molar-refractivity contribution is 6.16. The molecule has 0 aliphatic rings. The van der Waals surface area contributed by atoms with E-state index in [4.69, 9.17) is 13.9 Å². The van der Waals surface area contributed by atoms with Crippen molar-refractivity contribution >= 4 is 22.6 Å². The molecule has 0 aliphatic heterocycles. The van der Waals surface area contributed by atoms with E-state index in [9.17, 15) is 4.79 Å². The smallest absolute Gasteiger partial charge is 0.260 e. The first-order chi connectivity index (χ1) is 14.2. The first-order valence-corrected chi connectivity index (χ1v) is 9.39. The topological polar surface area (TPSA) is 60.7 Å². The number of hydrogen-bond acceptors (Lipinski definition) is 4. The molecule has 5 nitrogen and oxygen atoms in total. The van der Waals surface area contributed by atoms with Gasteiger partial charge in [0.25, 0.3) is 5.91 Å². The van der Waals surface area contributed by atoms with E-state index in [1.165, 1.54) is 0 Å². The molecule has 1 heterocycles. The largest absolute Gasteiger partial charge is 0.497 e. The number of ether oxygens (including phenoxy) is 2. The van der Waals surface area contributed by atoms with Crippen LogP contribution in [0.2, 0.25) is 0 Å². The fourth-order valence-corrected chi connectivity index (χ4v) is 3.22. The maximum absolute atomic E-state index is 13.3. The number of furan rings is 1. The molecule has 0 fully saturated rings. The van der Waals surface area contributed by atoms with Crippen LogP contribution in [0.1, 0.15) is 17.3 Å². The van der Waals surface area contributed by atoms with Crippen LogP contribution < -0.4 is 14.8 Å². The highest BCUT2D eigenvalue weighted by atomic mass is 16.5. The van der Waals surface area contributed by atoms with Crippen LogP contribution in [0.25, 0.3) is 22.3 Å². The number of methoxy groups -OCH3 is 1. The summed E-state index contributed by atoms with van der Waals surface area (Å²) >= 11 is 0. The lowest BCUT2D eigenvalue weighted by molar-refractivity contribution is 0.102. The lowest BCUT2D eigenvalue weighted by atomic mass is 10.0. The zero-order valence-corrected chi connectivity index (χ0v) is 16.3. The van der Waals surface area contributed by atoms with E-state index >= 15 is 0 Å². The van der Waals surface area contributed by atoms with Crippen LogP contribution in [0.15, 0.2) is 77.2 Å². The first-order valence-electron chi connectivity index (χ1n) is 9.39. The highest BCUT2D eigenvalue weighted by Crippen LogP contribution is 2.36. The van der Waals surface area contributed by atoms with Crippen molar-refractivity contribution < 1.29 is 18.7 Å². The lowest BCUT2D eigenvalue weighted by Crippen LogP contribution is -2.12. The van der Waals surface area contributed by atoms with Crippen molar-refractivity contribution in [1.82, 2.24) is 0 Å². The van der Waals surface area contributed by atoms with E-state index < -0.39 is 0 Å². The minimum Gasteiger partial charge on any atom is -0.497 e. The van der Waals surface area contributed by atoms with Gasteiger partial charge in [0.15, 0.2) is 0 Å². The predicted molar refractivity (Wildman–Crippen MR) is 114 cm³/mol. The minimum absolute atomic E-state index is 0.249. The number of fused-ring (bicyclic) bond motifs is 1. The lowest BCUT2D eigenvalue weighted by Gasteiger charge is -2.08. The van der Waals surface area contributed by atoms with Crippen molar-refractivity contribution in [3.63, 3.8) is 0 Å². The molecular formula is C24H21NO4. The van der Waals surface area contributed by atoms with E-state index in [1.807, 2.05) is 55.5 Å². The van der Waals surface area contributed by atoms with Crippen LogP contribution in [0.4, 0.5) is 5.69 Å². The summed E-state index contributed by atoms with van der Waals surface area (Å²) in [5, 5.41) is 3.66. The molecule has 1 amide bonds. The van der Waals surface area contributed by atoms with Gasteiger partial charge in [0, 0.05) is 16.6 Å². The SMILES string of the molecule is CCOc1ccc2oc(-c3ccccc3)c(C(=O)Nc3ccc(OC)cc3)c2c1. The Balaban J connectivity index is 1.80. The monoisotopic (exact) mass is 387 g/mol. The third kappa shape index (κ3) is 3.80. The van der Waals surface area contributed by atoms with E-state index in [0.29, 0.717) is 40.3 Å². The van der Waals surface area contributed by atoms with Gasteiger partial charge in [0.05, 0.1) is 19.3 Å². The molecule has 1 N–H and O–H groups in total. The van der Waals surface area contributed by atoms with Crippen molar-refractivity contribution in [2.45, 2.75) is 6.92 Å². The average Bonchev–Trinajstić information content (AvgIpc) is 3.14. The normalized spacial score (nSPS) is 10.7. The Labute approximate surface area is 168 Å². The number of anilines is 1. The first kappa shape index (κ1) is 18.6. The summed E-state index contributed by atoms with van der Waals surface area (Å²) in [6.07, 6.45) is 0. The zero-order valence-electron chi connectivity index (χ0n) is 16.3. The van der Waals surface area contributed by atoms with Gasteiger partial charge in [-0.05, 0) is 49.4 Å². The molecule has 0 saturated carbocycles. The molecule has 3 aromatic carbocycles. The van der Waals surface area contributed by atoms with Gasteiger partial charge in [0.1, 0.15) is 22.8 Å². The van der Waals surface area contributed by atoms with Gasteiger partial charge in [-0.2, -0.15) is 0 Å². The Morgan fingerprint density at radius 3 is 2.38 bits per heavy atom. The zero-order chi connectivity index (χ0) is 20.2. The summed E-state index contributed by atoms with van der Waals surface area (Å²) in [7, 11) is 1.60. The van der Waals surface area contributed by atoms with Crippen LogP contribution >= 0.6 is 0 Å². The van der Waals surface area contributed by atoms with Crippen LogP contribution in [0, 0.1) is 0 Å². The molecule has 0 atom stereocenters. The van der Waals surface area contributed by atoms with Gasteiger partial charge in [-0.3, -0.25) is 4.79 Å². The van der Waals surface area contributed by atoms with Gasteiger partial charge in [-0.25, -0.2) is 0 Å². The van der Waals surface area contributed by atoms with E-state index in [0.717, 1.165) is 11.3 Å². The third-order valence-electron chi connectivity index (χ3n) is 4.58. The summed E-state index contributed by atoms with van der Waals surface area (Å²) in [6.45, 7) is 2.47. The Bertz CT molecular complexity index is 1130. The maximum atomic E-state index is 13.3. The van der Waals surface area contributed by atoms with Crippen molar-refractivity contribution in [2.75, 3.05) is 19.0 Å². The number of rotatable bonds is 6. The Kier molecular flexibility index (Phi) is 5.20. The highest BCUT2D eigenvalue weighted by Gasteiger charge is 2.23. The van der Waals surface area contributed by atoms with Crippen LogP contribution in [0.3, 0.4) is 0 Å². The quantitative estimate of drug-likeness (QED) is 0.457. The van der Waals surface area contributed by atoms with Crippen LogP contribution in [0.5, 0.6) is 11.5 Å². The molecule has 4 aromatic rings. The van der Waals surface area contributed by atoms with Crippen LogP contribution in [-0.4, -0.2) is 19.6 Å². The standard InChI is InChI=1S/C24H21NO4/c1-3-28-19-13-14-21-20(15-19)22(23(29-21)16-7-5-4-6-8-16)24(26)25-17-9-11-18(27-2)12-10-17/h4-15H,3H2,1-2H3,(H,25,26). The summed E-state index contributed by atoms with van der Waals surface area (Å²) in [4.78, 5) is 13.3. The number of amides is 1. The van der Waals surface area contributed by atoms with Gasteiger partial charge >= 0.3 is 0 Å². The van der Waals surface area contributed by atoms with Gasteiger partial charge in [-0.1, -0.05) is 30.3 Å². The van der Waals surface area contributed by atoms with Crippen molar-refractivity contribution in [1.29, 1.82) is 0 Å². The van der Waals surface area contributed by atoms with Crippen molar-refractivity contribution in [3.8, 4) is 22.8 Å². The summed E-state index contributed by atoms with van der Waals surface area (Å²) in [5.41, 5.74) is 2.61. The molecule has 0 saturated heterocycles. The minimum atomic E-state index is -0.249. The molecule has 29 heavy (non-hydrogen) atoms. The van der Waals surface area contributed by atoms with Gasteiger partial charge < -0.3 is 19.2 Å². The molecule has 0 bridgehead atoms. The molecule has 4 rings (SSSR count). The van der Waals surface area contributed by atoms with E-state index in [2.05, 4.69) is 5.32 Å². The second kappa shape index (κ2) is 8.10. The molecule has 0 unspecified atom stereocenters. The number of nitrogens with one attached hydrogen (secondary N) is 1. The molecule has 5 heteroatoms. The van der Waals surface area contributed by atoms with E-state index in [1.54, 1.807) is 31.4 Å². The number of benzene rings is 3. The Morgan fingerprint density at radius 2 is 1.69 bits per heavy atom. The Morgan fingerprint density at radius 1 is 0.966 bits per heavy atom. The summed E-state index contributed by atoms with van der Waals surface area (Å²) < 4.78 is 16.9. The molecule has 1 aromatic heterocycles. The summed E-state index contributed by atoms with van der Waals surface area (Å²) in [6, 6.07) is 22.3. The fourth-order valence-electron chi connectivity index (χ4n) is 3.22. The molecule has 146 valence electrons.